The molecular formula is C11H17N. The first-order valence-corrected chi connectivity index (χ1v) is 4.23. The SMILES string of the molecule is C=Cc1cccc(C)c1N.CC. The molecule has 1 aromatic carbocycles. The Hall–Kier alpha value is -1.24. The Labute approximate surface area is 74.9 Å². The van der Waals surface area contributed by atoms with E-state index in [1.165, 1.54) is 0 Å². The number of para-hydroxylation sites is 1. The van der Waals surface area contributed by atoms with Gasteiger partial charge in [0.25, 0.3) is 0 Å². The molecule has 1 heteroatoms. The highest BCUT2D eigenvalue weighted by atomic mass is 14.6. The largest absolute Gasteiger partial charge is 0.398 e. The number of benzene rings is 1. The van der Waals surface area contributed by atoms with Crippen molar-refractivity contribution >= 4 is 11.8 Å². The van der Waals surface area contributed by atoms with Gasteiger partial charge in [0, 0.05) is 5.69 Å². The number of aryl methyl sites for hydroxylation is 1. The molecule has 1 aromatic rings. The lowest BCUT2D eigenvalue weighted by Crippen LogP contribution is -1.91. The summed E-state index contributed by atoms with van der Waals surface area (Å²) in [7, 11) is 0. The molecule has 0 spiro atoms. The lowest BCUT2D eigenvalue weighted by molar-refractivity contribution is 1.46. The van der Waals surface area contributed by atoms with Gasteiger partial charge in [-0.3, -0.25) is 0 Å². The second-order valence-corrected chi connectivity index (χ2v) is 2.28. The lowest BCUT2D eigenvalue weighted by Gasteiger charge is -2.01. The Morgan fingerprint density at radius 2 is 1.92 bits per heavy atom. The van der Waals surface area contributed by atoms with Crippen LogP contribution in [0.5, 0.6) is 0 Å². The smallest absolute Gasteiger partial charge is 0.0417 e. The minimum Gasteiger partial charge on any atom is -0.398 e. The third kappa shape index (κ3) is 2.42. The quantitative estimate of drug-likeness (QED) is 0.632. The van der Waals surface area contributed by atoms with Crippen molar-refractivity contribution in [1.29, 1.82) is 0 Å². The Balaban J connectivity index is 0.000000561. The van der Waals surface area contributed by atoms with E-state index < -0.39 is 0 Å². The van der Waals surface area contributed by atoms with Crippen LogP contribution in [-0.4, -0.2) is 0 Å². The molecule has 0 unspecified atom stereocenters. The molecule has 0 bridgehead atoms. The highest BCUT2D eigenvalue weighted by Gasteiger charge is 1.94. The van der Waals surface area contributed by atoms with Crippen LogP contribution in [0.25, 0.3) is 6.08 Å². The second kappa shape index (κ2) is 5.42. The van der Waals surface area contributed by atoms with Gasteiger partial charge in [0.15, 0.2) is 0 Å². The molecule has 0 aliphatic rings. The fourth-order valence-electron chi connectivity index (χ4n) is 0.881. The minimum atomic E-state index is 0.831. The number of anilines is 1. The molecule has 2 N–H and O–H groups in total. The topological polar surface area (TPSA) is 26.0 Å². The Morgan fingerprint density at radius 3 is 2.33 bits per heavy atom. The lowest BCUT2D eigenvalue weighted by atomic mass is 10.1. The van der Waals surface area contributed by atoms with Gasteiger partial charge in [-0.15, -0.1) is 0 Å². The van der Waals surface area contributed by atoms with E-state index in [0.29, 0.717) is 0 Å². The zero-order chi connectivity index (χ0) is 9.56. The number of hydrogen-bond acceptors (Lipinski definition) is 1. The van der Waals surface area contributed by atoms with Gasteiger partial charge in [0.05, 0.1) is 0 Å². The predicted octanol–water partition coefficient (Wildman–Crippen LogP) is 3.25. The van der Waals surface area contributed by atoms with Crippen molar-refractivity contribution in [1.82, 2.24) is 0 Å². The summed E-state index contributed by atoms with van der Waals surface area (Å²) in [5, 5.41) is 0. The van der Waals surface area contributed by atoms with Crippen LogP contribution in [-0.2, 0) is 0 Å². The van der Waals surface area contributed by atoms with Gasteiger partial charge in [0.1, 0.15) is 0 Å². The van der Waals surface area contributed by atoms with Gasteiger partial charge in [-0.2, -0.15) is 0 Å². The molecule has 0 radical (unpaired) electrons. The van der Waals surface area contributed by atoms with Crippen LogP contribution < -0.4 is 5.73 Å². The molecule has 66 valence electrons. The van der Waals surface area contributed by atoms with Crippen LogP contribution in [0.2, 0.25) is 0 Å². The van der Waals surface area contributed by atoms with Gasteiger partial charge < -0.3 is 5.73 Å². The summed E-state index contributed by atoms with van der Waals surface area (Å²) >= 11 is 0. The fourth-order valence-corrected chi connectivity index (χ4v) is 0.881. The van der Waals surface area contributed by atoms with E-state index in [0.717, 1.165) is 16.8 Å². The number of hydrogen-bond donors (Lipinski definition) is 1. The normalized spacial score (nSPS) is 8.25. The number of nitrogen functional groups attached to an aromatic ring is 1. The molecule has 12 heavy (non-hydrogen) atoms. The average Bonchev–Trinajstić information content (AvgIpc) is 2.13. The van der Waals surface area contributed by atoms with Crippen LogP contribution in [0.3, 0.4) is 0 Å². The molecule has 0 aliphatic carbocycles. The molecule has 0 heterocycles. The highest BCUT2D eigenvalue weighted by Crippen LogP contribution is 2.16. The second-order valence-electron chi connectivity index (χ2n) is 2.28. The molecule has 0 fully saturated rings. The number of rotatable bonds is 1. The van der Waals surface area contributed by atoms with E-state index in [9.17, 15) is 0 Å². The summed E-state index contributed by atoms with van der Waals surface area (Å²) in [6.07, 6.45) is 1.77. The fraction of sp³-hybridized carbons (Fsp3) is 0.273. The third-order valence-corrected chi connectivity index (χ3v) is 1.58. The first-order chi connectivity index (χ1) is 5.75. The summed E-state index contributed by atoms with van der Waals surface area (Å²) in [6, 6.07) is 5.92. The molecule has 0 amide bonds. The summed E-state index contributed by atoms with van der Waals surface area (Å²) in [6.45, 7) is 9.64. The first kappa shape index (κ1) is 10.8. The summed E-state index contributed by atoms with van der Waals surface area (Å²) in [5.74, 6) is 0. The van der Waals surface area contributed by atoms with E-state index >= 15 is 0 Å². The summed E-state index contributed by atoms with van der Waals surface area (Å²) < 4.78 is 0. The maximum Gasteiger partial charge on any atom is 0.0417 e. The van der Waals surface area contributed by atoms with Crippen molar-refractivity contribution in [2.24, 2.45) is 0 Å². The van der Waals surface area contributed by atoms with Gasteiger partial charge >= 0.3 is 0 Å². The van der Waals surface area contributed by atoms with Gasteiger partial charge in [-0.25, -0.2) is 0 Å². The zero-order valence-electron chi connectivity index (χ0n) is 8.09. The molecular weight excluding hydrogens is 146 g/mol. The van der Waals surface area contributed by atoms with E-state index in [4.69, 9.17) is 5.73 Å². The molecule has 0 atom stereocenters. The van der Waals surface area contributed by atoms with Gasteiger partial charge in [-0.05, 0) is 18.1 Å². The minimum absolute atomic E-state index is 0.831. The van der Waals surface area contributed by atoms with E-state index in [2.05, 4.69) is 6.58 Å². The van der Waals surface area contributed by atoms with Crippen molar-refractivity contribution in [3.8, 4) is 0 Å². The predicted molar refractivity (Wildman–Crippen MR) is 57.0 cm³/mol. The molecule has 1 rings (SSSR count). The van der Waals surface area contributed by atoms with E-state index in [-0.39, 0.29) is 0 Å². The zero-order valence-corrected chi connectivity index (χ0v) is 8.09. The average molecular weight is 163 g/mol. The van der Waals surface area contributed by atoms with Crippen LogP contribution >= 0.6 is 0 Å². The standard InChI is InChI=1S/C9H11N.C2H6/c1-3-8-6-4-5-7(2)9(8)10;1-2/h3-6H,1,10H2,2H3;1-2H3. The molecule has 0 saturated carbocycles. The van der Waals surface area contributed by atoms with E-state index in [1.807, 2.05) is 39.0 Å². The van der Waals surface area contributed by atoms with Crippen molar-refractivity contribution in [2.45, 2.75) is 20.8 Å². The maximum absolute atomic E-state index is 5.72. The van der Waals surface area contributed by atoms with Crippen LogP contribution in [0.1, 0.15) is 25.0 Å². The van der Waals surface area contributed by atoms with Crippen molar-refractivity contribution in [2.75, 3.05) is 5.73 Å². The third-order valence-electron chi connectivity index (χ3n) is 1.58. The van der Waals surface area contributed by atoms with Crippen LogP contribution in [0.4, 0.5) is 5.69 Å². The highest BCUT2D eigenvalue weighted by molar-refractivity contribution is 5.66. The van der Waals surface area contributed by atoms with E-state index in [1.54, 1.807) is 6.08 Å². The van der Waals surface area contributed by atoms with Crippen molar-refractivity contribution in [3.05, 3.63) is 35.9 Å². The van der Waals surface area contributed by atoms with Crippen LogP contribution in [0.15, 0.2) is 24.8 Å². The summed E-state index contributed by atoms with van der Waals surface area (Å²) in [4.78, 5) is 0. The molecule has 0 aliphatic heterocycles. The Kier molecular flexibility index (Phi) is 4.86. The molecule has 0 aromatic heterocycles. The Morgan fingerprint density at radius 1 is 1.33 bits per heavy atom. The van der Waals surface area contributed by atoms with Crippen molar-refractivity contribution < 1.29 is 0 Å². The van der Waals surface area contributed by atoms with Gasteiger partial charge in [0.2, 0.25) is 0 Å². The Bertz CT molecular complexity index is 251. The van der Waals surface area contributed by atoms with Crippen molar-refractivity contribution in [3.63, 3.8) is 0 Å². The van der Waals surface area contributed by atoms with Crippen LogP contribution in [0, 0.1) is 6.92 Å². The monoisotopic (exact) mass is 163 g/mol. The first-order valence-electron chi connectivity index (χ1n) is 4.23. The van der Waals surface area contributed by atoms with Gasteiger partial charge in [-0.1, -0.05) is 44.7 Å². The number of nitrogens with two attached hydrogens (primary N) is 1. The maximum atomic E-state index is 5.72. The molecule has 0 saturated heterocycles. The summed E-state index contributed by atoms with van der Waals surface area (Å²) in [5.41, 5.74) is 8.68. The molecule has 1 nitrogen and oxygen atoms in total.